The third-order valence-electron chi connectivity index (χ3n) is 3.55. The minimum atomic E-state index is -3.52. The van der Waals surface area contributed by atoms with Crippen molar-refractivity contribution >= 4 is 21.6 Å². The highest BCUT2D eigenvalue weighted by molar-refractivity contribution is 7.89. The van der Waals surface area contributed by atoms with Crippen LogP contribution in [-0.4, -0.2) is 31.7 Å². The van der Waals surface area contributed by atoms with E-state index in [2.05, 4.69) is 0 Å². The van der Waals surface area contributed by atoms with Crippen LogP contribution < -0.4 is 0 Å². The van der Waals surface area contributed by atoms with E-state index in [1.807, 2.05) is 0 Å². The third-order valence-corrected chi connectivity index (χ3v) is 6.04. The van der Waals surface area contributed by atoms with Crippen molar-refractivity contribution in [3.63, 3.8) is 0 Å². The van der Waals surface area contributed by atoms with Crippen LogP contribution in [0, 0.1) is 18.7 Å². The first-order valence-corrected chi connectivity index (χ1v) is 8.25. The van der Waals surface area contributed by atoms with Crippen LogP contribution in [0.3, 0.4) is 0 Å². The SMILES string of the molecule is Cc1cc(F)ccc1S(=O)(=O)N1CCC(CCl)CC1. The molecule has 1 aromatic rings. The van der Waals surface area contributed by atoms with E-state index >= 15 is 0 Å². The molecule has 1 aromatic carbocycles. The smallest absolute Gasteiger partial charge is 0.207 e. The van der Waals surface area contributed by atoms with Crippen LogP contribution in [0.15, 0.2) is 23.1 Å². The van der Waals surface area contributed by atoms with Gasteiger partial charge in [-0.3, -0.25) is 0 Å². The van der Waals surface area contributed by atoms with E-state index in [0.29, 0.717) is 30.5 Å². The van der Waals surface area contributed by atoms with E-state index in [0.717, 1.165) is 12.8 Å². The molecule has 1 aliphatic heterocycles. The summed E-state index contributed by atoms with van der Waals surface area (Å²) in [5.74, 6) is 0.545. The van der Waals surface area contributed by atoms with Gasteiger partial charge in [-0.25, -0.2) is 12.8 Å². The van der Waals surface area contributed by atoms with Crippen LogP contribution in [0.1, 0.15) is 18.4 Å². The molecule has 0 amide bonds. The Balaban J connectivity index is 2.23. The first-order chi connectivity index (χ1) is 8.95. The maximum absolute atomic E-state index is 13.1. The van der Waals surface area contributed by atoms with Crippen LogP contribution in [0.25, 0.3) is 0 Å². The monoisotopic (exact) mass is 305 g/mol. The molecule has 1 heterocycles. The summed E-state index contributed by atoms with van der Waals surface area (Å²) in [6, 6.07) is 3.78. The molecule has 0 radical (unpaired) electrons. The summed E-state index contributed by atoms with van der Waals surface area (Å²) in [5.41, 5.74) is 0.444. The number of piperidine rings is 1. The molecule has 106 valence electrons. The predicted molar refractivity (Wildman–Crippen MR) is 73.3 cm³/mol. The van der Waals surface area contributed by atoms with E-state index < -0.39 is 15.8 Å². The van der Waals surface area contributed by atoms with Gasteiger partial charge in [0.05, 0.1) is 4.90 Å². The van der Waals surface area contributed by atoms with Crippen LogP contribution in [0.5, 0.6) is 0 Å². The average molecular weight is 306 g/mol. The number of hydrogen-bond acceptors (Lipinski definition) is 2. The van der Waals surface area contributed by atoms with Gasteiger partial charge in [-0.05, 0) is 49.4 Å². The van der Waals surface area contributed by atoms with Crippen molar-refractivity contribution in [2.75, 3.05) is 19.0 Å². The topological polar surface area (TPSA) is 37.4 Å². The highest BCUT2D eigenvalue weighted by Crippen LogP contribution is 2.26. The second-order valence-corrected chi connectivity index (χ2v) is 7.13. The molecule has 0 unspecified atom stereocenters. The number of sulfonamides is 1. The highest BCUT2D eigenvalue weighted by Gasteiger charge is 2.30. The lowest BCUT2D eigenvalue weighted by Gasteiger charge is -2.30. The number of hydrogen-bond donors (Lipinski definition) is 0. The fourth-order valence-electron chi connectivity index (χ4n) is 2.35. The van der Waals surface area contributed by atoms with Crippen molar-refractivity contribution in [2.45, 2.75) is 24.7 Å². The molecule has 2 rings (SSSR count). The highest BCUT2D eigenvalue weighted by atomic mass is 35.5. The van der Waals surface area contributed by atoms with Gasteiger partial charge in [-0.2, -0.15) is 4.31 Å². The number of nitrogens with zero attached hydrogens (tertiary/aromatic N) is 1. The van der Waals surface area contributed by atoms with Gasteiger partial charge in [0.25, 0.3) is 0 Å². The molecular formula is C13H17ClFNO2S. The average Bonchev–Trinajstić information content (AvgIpc) is 2.38. The minimum absolute atomic E-state index is 0.193. The third kappa shape index (κ3) is 3.09. The number of benzene rings is 1. The zero-order chi connectivity index (χ0) is 14.0. The quantitative estimate of drug-likeness (QED) is 0.805. The van der Waals surface area contributed by atoms with E-state index in [-0.39, 0.29) is 4.90 Å². The fourth-order valence-corrected chi connectivity index (χ4v) is 4.33. The predicted octanol–water partition coefficient (Wildman–Crippen LogP) is 2.77. The van der Waals surface area contributed by atoms with E-state index in [1.165, 1.54) is 22.5 Å². The number of halogens is 2. The molecule has 19 heavy (non-hydrogen) atoms. The van der Waals surface area contributed by atoms with Gasteiger partial charge in [0, 0.05) is 19.0 Å². The molecule has 0 bridgehead atoms. The molecule has 0 spiro atoms. The second-order valence-electron chi connectivity index (χ2n) is 4.91. The summed E-state index contributed by atoms with van der Waals surface area (Å²) in [6.07, 6.45) is 1.56. The van der Waals surface area contributed by atoms with E-state index in [9.17, 15) is 12.8 Å². The Labute approximate surface area is 118 Å². The maximum Gasteiger partial charge on any atom is 0.243 e. The summed E-state index contributed by atoms with van der Waals surface area (Å²) in [6.45, 7) is 2.58. The Hall–Kier alpha value is -0.650. The van der Waals surface area contributed by atoms with Gasteiger partial charge in [0.1, 0.15) is 5.82 Å². The number of aryl methyl sites for hydroxylation is 1. The molecule has 1 saturated heterocycles. The van der Waals surface area contributed by atoms with Gasteiger partial charge in [0.2, 0.25) is 10.0 Å². The van der Waals surface area contributed by atoms with E-state index in [1.54, 1.807) is 6.92 Å². The lowest BCUT2D eigenvalue weighted by molar-refractivity contribution is 0.290. The van der Waals surface area contributed by atoms with Crippen molar-refractivity contribution < 1.29 is 12.8 Å². The molecular weight excluding hydrogens is 289 g/mol. The Kier molecular flexibility index (Phi) is 4.48. The maximum atomic E-state index is 13.1. The minimum Gasteiger partial charge on any atom is -0.207 e. The number of rotatable bonds is 3. The second kappa shape index (κ2) is 5.77. The zero-order valence-corrected chi connectivity index (χ0v) is 12.3. The standard InChI is InChI=1S/C13H17ClFNO2S/c1-10-8-12(15)2-3-13(10)19(17,18)16-6-4-11(9-14)5-7-16/h2-3,8,11H,4-7,9H2,1H3. The van der Waals surface area contributed by atoms with Crippen LogP contribution in [-0.2, 0) is 10.0 Å². The van der Waals surface area contributed by atoms with Gasteiger partial charge in [-0.1, -0.05) is 0 Å². The van der Waals surface area contributed by atoms with Crippen molar-refractivity contribution in [2.24, 2.45) is 5.92 Å². The van der Waals surface area contributed by atoms with Crippen molar-refractivity contribution in [3.05, 3.63) is 29.6 Å². The Morgan fingerprint density at radius 3 is 2.53 bits per heavy atom. The molecule has 6 heteroatoms. The zero-order valence-electron chi connectivity index (χ0n) is 10.8. The van der Waals surface area contributed by atoms with Gasteiger partial charge in [0.15, 0.2) is 0 Å². The molecule has 0 aromatic heterocycles. The summed E-state index contributed by atoms with van der Waals surface area (Å²) in [4.78, 5) is 0.193. The molecule has 3 nitrogen and oxygen atoms in total. The summed E-state index contributed by atoms with van der Waals surface area (Å²) >= 11 is 5.79. The molecule has 0 N–H and O–H groups in total. The van der Waals surface area contributed by atoms with Crippen molar-refractivity contribution in [1.29, 1.82) is 0 Å². The number of alkyl halides is 1. The Morgan fingerprint density at radius 2 is 2.00 bits per heavy atom. The summed E-state index contributed by atoms with van der Waals surface area (Å²) < 4.78 is 39.5. The lowest BCUT2D eigenvalue weighted by atomic mass is 10.0. The van der Waals surface area contributed by atoms with Crippen LogP contribution in [0.2, 0.25) is 0 Å². The lowest BCUT2D eigenvalue weighted by Crippen LogP contribution is -2.39. The molecule has 0 atom stereocenters. The largest absolute Gasteiger partial charge is 0.243 e. The van der Waals surface area contributed by atoms with Crippen molar-refractivity contribution in [3.8, 4) is 0 Å². The van der Waals surface area contributed by atoms with Gasteiger partial charge >= 0.3 is 0 Å². The van der Waals surface area contributed by atoms with Gasteiger partial charge < -0.3 is 0 Å². The fraction of sp³-hybridized carbons (Fsp3) is 0.538. The van der Waals surface area contributed by atoms with Gasteiger partial charge in [-0.15, -0.1) is 11.6 Å². The summed E-state index contributed by atoms with van der Waals surface area (Å²) in [5, 5.41) is 0. The Bertz CT molecular complexity index is 554. The normalized spacial score (nSPS) is 18.7. The Morgan fingerprint density at radius 1 is 1.37 bits per heavy atom. The molecule has 0 saturated carbocycles. The molecule has 0 aliphatic carbocycles. The van der Waals surface area contributed by atoms with Crippen LogP contribution >= 0.6 is 11.6 Å². The summed E-state index contributed by atoms with van der Waals surface area (Å²) in [7, 11) is -3.52. The molecule has 1 fully saturated rings. The first kappa shape index (κ1) is 14.8. The first-order valence-electron chi connectivity index (χ1n) is 6.27. The van der Waals surface area contributed by atoms with Crippen LogP contribution in [0.4, 0.5) is 4.39 Å². The molecule has 1 aliphatic rings. The van der Waals surface area contributed by atoms with E-state index in [4.69, 9.17) is 11.6 Å². The van der Waals surface area contributed by atoms with Crippen molar-refractivity contribution in [1.82, 2.24) is 4.31 Å².